The van der Waals surface area contributed by atoms with E-state index in [1.165, 1.54) is 18.9 Å². The summed E-state index contributed by atoms with van der Waals surface area (Å²) in [6.07, 6.45) is 1.72. The highest BCUT2D eigenvalue weighted by Crippen LogP contribution is 2.20. The maximum absolute atomic E-state index is 12.6. The van der Waals surface area contributed by atoms with Crippen molar-refractivity contribution in [3.05, 3.63) is 35.9 Å². The molecule has 1 aromatic carbocycles. The van der Waals surface area contributed by atoms with Crippen LogP contribution in [-0.2, 0) is 30.3 Å². The number of amides is 2. The number of ether oxygens (including phenoxy) is 1. The quantitative estimate of drug-likeness (QED) is 0.691. The summed E-state index contributed by atoms with van der Waals surface area (Å²) in [4.78, 5) is 49.8. The maximum Gasteiger partial charge on any atom is 0.328 e. The highest BCUT2D eigenvalue weighted by molar-refractivity contribution is 5.92. The monoisotopic (exact) mass is 374 g/mol. The molecule has 1 N–H and O–H groups in total. The van der Waals surface area contributed by atoms with Crippen molar-refractivity contribution in [1.82, 2.24) is 10.2 Å². The number of nitrogens with zero attached hydrogens (tertiary/aromatic N) is 1. The van der Waals surface area contributed by atoms with Crippen molar-refractivity contribution < 1.29 is 23.9 Å². The SMILES string of the molecule is COC(=O)[C@@H]1CCCN1C(=O)CCC(=O)[C@H](Cc1ccccc1)NC(C)=O. The summed E-state index contributed by atoms with van der Waals surface area (Å²) in [6.45, 7) is 1.85. The Morgan fingerprint density at radius 1 is 1.19 bits per heavy atom. The van der Waals surface area contributed by atoms with Gasteiger partial charge in [-0.05, 0) is 24.8 Å². The van der Waals surface area contributed by atoms with Gasteiger partial charge in [0.25, 0.3) is 0 Å². The predicted molar refractivity (Wildman–Crippen MR) is 98.7 cm³/mol. The van der Waals surface area contributed by atoms with Crippen molar-refractivity contribution in [3.8, 4) is 0 Å². The zero-order valence-electron chi connectivity index (χ0n) is 15.8. The fourth-order valence-corrected chi connectivity index (χ4v) is 3.33. The van der Waals surface area contributed by atoms with Crippen LogP contribution < -0.4 is 5.32 Å². The third-order valence-electron chi connectivity index (χ3n) is 4.68. The van der Waals surface area contributed by atoms with E-state index in [1.807, 2.05) is 30.3 Å². The van der Waals surface area contributed by atoms with Gasteiger partial charge >= 0.3 is 5.97 Å². The van der Waals surface area contributed by atoms with E-state index in [9.17, 15) is 19.2 Å². The standard InChI is InChI=1S/C20H26N2O5/c1-14(23)21-16(13-15-7-4-3-5-8-15)18(24)10-11-19(25)22-12-6-9-17(22)20(26)27-2/h3-5,7-8,16-17H,6,9-13H2,1-2H3,(H,21,23)/t16-,17-/m0/s1. The molecule has 0 unspecified atom stereocenters. The molecule has 2 rings (SSSR count). The molecular weight excluding hydrogens is 348 g/mol. The normalized spacial score (nSPS) is 17.3. The van der Waals surface area contributed by atoms with Crippen molar-refractivity contribution >= 4 is 23.6 Å². The van der Waals surface area contributed by atoms with Gasteiger partial charge in [-0.15, -0.1) is 0 Å². The van der Waals surface area contributed by atoms with Gasteiger partial charge in [0.15, 0.2) is 5.78 Å². The molecule has 1 aliphatic heterocycles. The van der Waals surface area contributed by atoms with E-state index in [-0.39, 0.29) is 30.4 Å². The summed E-state index contributed by atoms with van der Waals surface area (Å²) in [7, 11) is 1.30. The second-order valence-corrected chi connectivity index (χ2v) is 6.68. The zero-order valence-corrected chi connectivity index (χ0v) is 15.8. The van der Waals surface area contributed by atoms with E-state index in [2.05, 4.69) is 5.32 Å². The van der Waals surface area contributed by atoms with Gasteiger partial charge in [-0.25, -0.2) is 4.79 Å². The summed E-state index contributed by atoms with van der Waals surface area (Å²) < 4.78 is 4.74. The minimum Gasteiger partial charge on any atom is -0.467 e. The second kappa shape index (κ2) is 9.85. The van der Waals surface area contributed by atoms with Crippen LogP contribution in [0.15, 0.2) is 30.3 Å². The van der Waals surface area contributed by atoms with Gasteiger partial charge in [0.2, 0.25) is 11.8 Å². The first-order chi connectivity index (χ1) is 12.9. The van der Waals surface area contributed by atoms with Gasteiger partial charge in [0.05, 0.1) is 13.2 Å². The summed E-state index contributed by atoms with van der Waals surface area (Å²) in [5.41, 5.74) is 0.932. The number of carbonyl (C=O) groups excluding carboxylic acids is 4. The van der Waals surface area contributed by atoms with Crippen LogP contribution in [0.3, 0.4) is 0 Å². The molecule has 1 fully saturated rings. The van der Waals surface area contributed by atoms with Crippen LogP contribution in [0.4, 0.5) is 0 Å². The van der Waals surface area contributed by atoms with E-state index in [4.69, 9.17) is 4.74 Å². The number of carbonyl (C=O) groups is 4. The smallest absolute Gasteiger partial charge is 0.328 e. The number of hydrogen-bond acceptors (Lipinski definition) is 5. The lowest BCUT2D eigenvalue weighted by Crippen LogP contribution is -2.43. The van der Waals surface area contributed by atoms with E-state index in [0.29, 0.717) is 19.4 Å². The van der Waals surface area contributed by atoms with Gasteiger partial charge in [-0.3, -0.25) is 14.4 Å². The Bertz CT molecular complexity index is 689. The molecule has 1 aliphatic rings. The molecule has 0 aliphatic carbocycles. The summed E-state index contributed by atoms with van der Waals surface area (Å²) in [6, 6.07) is 8.16. The maximum atomic E-state index is 12.6. The first kappa shape index (κ1) is 20.6. The minimum absolute atomic E-state index is 0.0111. The number of ketones is 1. The van der Waals surface area contributed by atoms with E-state index < -0.39 is 18.1 Å². The number of hydrogen-bond donors (Lipinski definition) is 1. The van der Waals surface area contributed by atoms with Crippen molar-refractivity contribution in [2.24, 2.45) is 0 Å². The molecule has 0 bridgehead atoms. The van der Waals surface area contributed by atoms with Crippen molar-refractivity contribution in [2.75, 3.05) is 13.7 Å². The predicted octanol–water partition coefficient (Wildman–Crippen LogP) is 1.25. The third kappa shape index (κ3) is 5.91. The van der Waals surface area contributed by atoms with Crippen LogP contribution >= 0.6 is 0 Å². The lowest BCUT2D eigenvalue weighted by atomic mass is 9.99. The molecule has 146 valence electrons. The van der Waals surface area contributed by atoms with E-state index >= 15 is 0 Å². The number of rotatable bonds is 8. The molecule has 7 heteroatoms. The Balaban J connectivity index is 1.95. The fraction of sp³-hybridized carbons (Fsp3) is 0.500. The molecule has 1 aromatic rings. The van der Waals surface area contributed by atoms with Gasteiger partial charge < -0.3 is 15.0 Å². The average molecular weight is 374 g/mol. The number of nitrogens with one attached hydrogen (secondary N) is 1. The van der Waals surface area contributed by atoms with Crippen molar-refractivity contribution in [2.45, 2.75) is 51.1 Å². The minimum atomic E-state index is -0.673. The van der Waals surface area contributed by atoms with Crippen LogP contribution in [0, 0.1) is 0 Å². The molecular formula is C20H26N2O5. The third-order valence-corrected chi connectivity index (χ3v) is 4.68. The lowest BCUT2D eigenvalue weighted by molar-refractivity contribution is -0.151. The molecule has 2 amide bonds. The molecule has 0 aromatic heterocycles. The van der Waals surface area contributed by atoms with Gasteiger partial charge in [0, 0.05) is 26.3 Å². The highest BCUT2D eigenvalue weighted by Gasteiger charge is 2.34. The number of Topliss-reactive ketones (excluding diaryl/α,β-unsaturated/α-hetero) is 1. The van der Waals surface area contributed by atoms with Crippen molar-refractivity contribution in [3.63, 3.8) is 0 Å². The topological polar surface area (TPSA) is 92.8 Å². The lowest BCUT2D eigenvalue weighted by Gasteiger charge is -2.23. The Morgan fingerprint density at radius 2 is 1.89 bits per heavy atom. The molecule has 1 heterocycles. The number of methoxy groups -OCH3 is 1. The van der Waals surface area contributed by atoms with E-state index in [1.54, 1.807) is 0 Å². The van der Waals surface area contributed by atoms with Gasteiger partial charge in [0.1, 0.15) is 6.04 Å². The average Bonchev–Trinajstić information content (AvgIpc) is 3.15. The molecule has 27 heavy (non-hydrogen) atoms. The highest BCUT2D eigenvalue weighted by atomic mass is 16.5. The molecule has 0 saturated carbocycles. The second-order valence-electron chi connectivity index (χ2n) is 6.68. The van der Waals surface area contributed by atoms with Crippen LogP contribution in [0.2, 0.25) is 0 Å². The van der Waals surface area contributed by atoms with Crippen LogP contribution in [0.1, 0.15) is 38.2 Å². The molecule has 0 radical (unpaired) electrons. The Kier molecular flexibility index (Phi) is 7.52. The molecule has 0 spiro atoms. The summed E-state index contributed by atoms with van der Waals surface area (Å²) in [5, 5.41) is 2.67. The number of benzene rings is 1. The summed E-state index contributed by atoms with van der Waals surface area (Å²) >= 11 is 0. The number of likely N-dealkylation sites (tertiary alicyclic amines) is 1. The van der Waals surface area contributed by atoms with Gasteiger partial charge in [-0.1, -0.05) is 30.3 Å². The first-order valence-corrected chi connectivity index (χ1v) is 9.13. The number of esters is 1. The largest absolute Gasteiger partial charge is 0.467 e. The Hall–Kier alpha value is -2.70. The first-order valence-electron chi connectivity index (χ1n) is 9.13. The fourth-order valence-electron chi connectivity index (χ4n) is 3.33. The van der Waals surface area contributed by atoms with Crippen LogP contribution in [-0.4, -0.2) is 54.2 Å². The zero-order chi connectivity index (χ0) is 19.8. The van der Waals surface area contributed by atoms with Crippen molar-refractivity contribution in [1.29, 1.82) is 0 Å². The van der Waals surface area contributed by atoms with Crippen LogP contribution in [0.5, 0.6) is 0 Å². The van der Waals surface area contributed by atoms with E-state index in [0.717, 1.165) is 12.0 Å². The molecule has 2 atom stereocenters. The molecule has 1 saturated heterocycles. The van der Waals surface area contributed by atoms with Gasteiger partial charge in [-0.2, -0.15) is 0 Å². The Labute approximate surface area is 159 Å². The summed E-state index contributed by atoms with van der Waals surface area (Å²) in [5.74, 6) is -1.15. The van der Waals surface area contributed by atoms with Crippen LogP contribution in [0.25, 0.3) is 0 Å². The Morgan fingerprint density at radius 3 is 2.52 bits per heavy atom. The molecule has 7 nitrogen and oxygen atoms in total.